The van der Waals surface area contributed by atoms with E-state index in [1.54, 1.807) is 13.0 Å². The van der Waals surface area contributed by atoms with Gasteiger partial charge in [0.25, 0.3) is 0 Å². The number of nitrogens with zero attached hydrogens (tertiary/aromatic N) is 4. The lowest BCUT2D eigenvalue weighted by Crippen LogP contribution is -2.45. The second-order valence-corrected chi connectivity index (χ2v) is 9.23. The fourth-order valence-corrected chi connectivity index (χ4v) is 4.76. The molecule has 1 aliphatic carbocycles. The summed E-state index contributed by atoms with van der Waals surface area (Å²) in [6.07, 6.45) is -2.32. The summed E-state index contributed by atoms with van der Waals surface area (Å²) in [5.41, 5.74) is 6.90. The topological polar surface area (TPSA) is 136 Å². The number of aliphatic hydroxyl groups excluding tert-OH is 1. The monoisotopic (exact) mass is 456 g/mol. The number of halogens is 3. The number of imidazole rings is 1. The van der Waals surface area contributed by atoms with Gasteiger partial charge in [-0.1, -0.05) is 6.07 Å². The summed E-state index contributed by atoms with van der Waals surface area (Å²) >= 11 is 0. The molecule has 1 saturated carbocycles. The fourth-order valence-electron chi connectivity index (χ4n) is 3.47. The van der Waals surface area contributed by atoms with Crippen LogP contribution in [0.4, 0.5) is 19.1 Å². The minimum absolute atomic E-state index is 0.00681. The zero-order chi connectivity index (χ0) is 22.6. The number of hydrogen-bond acceptors (Lipinski definition) is 7. The molecule has 0 aliphatic heterocycles. The number of rotatable bonds is 5. The van der Waals surface area contributed by atoms with Gasteiger partial charge in [0, 0.05) is 24.4 Å². The minimum atomic E-state index is -4.78. The highest BCUT2D eigenvalue weighted by atomic mass is 32.2. The van der Waals surface area contributed by atoms with Gasteiger partial charge in [-0.05, 0) is 43.4 Å². The second-order valence-electron chi connectivity index (χ2n) is 7.51. The maximum absolute atomic E-state index is 13.0. The third-order valence-corrected chi connectivity index (χ3v) is 6.74. The van der Waals surface area contributed by atoms with Crippen LogP contribution in [-0.2, 0) is 16.2 Å². The van der Waals surface area contributed by atoms with E-state index in [0.717, 1.165) is 4.40 Å². The Balaban J connectivity index is 1.70. The summed E-state index contributed by atoms with van der Waals surface area (Å²) < 4.78 is 68.0. The second kappa shape index (κ2) is 7.43. The number of aromatic nitrogens is 4. The van der Waals surface area contributed by atoms with Crippen LogP contribution < -0.4 is 10.5 Å². The zero-order valence-corrected chi connectivity index (χ0v) is 17.1. The van der Waals surface area contributed by atoms with E-state index in [9.17, 15) is 21.6 Å². The molecule has 13 heteroatoms. The highest BCUT2D eigenvalue weighted by Crippen LogP contribution is 2.31. The first-order valence-corrected chi connectivity index (χ1v) is 10.8. The van der Waals surface area contributed by atoms with Crippen LogP contribution in [0.2, 0.25) is 0 Å². The summed E-state index contributed by atoms with van der Waals surface area (Å²) in [7, 11) is -3.83. The molecule has 166 valence electrons. The van der Waals surface area contributed by atoms with Crippen molar-refractivity contribution < 1.29 is 26.7 Å². The molecule has 31 heavy (non-hydrogen) atoms. The van der Waals surface area contributed by atoms with E-state index < -0.39 is 28.0 Å². The lowest BCUT2D eigenvalue weighted by atomic mass is 9.82. The molecule has 0 amide bonds. The predicted octanol–water partition coefficient (Wildman–Crippen LogP) is 1.75. The third kappa shape index (κ3) is 4.07. The van der Waals surface area contributed by atoms with Crippen LogP contribution >= 0.6 is 0 Å². The van der Waals surface area contributed by atoms with Crippen molar-refractivity contribution in [3.63, 3.8) is 0 Å². The Hall–Kier alpha value is -2.77. The van der Waals surface area contributed by atoms with Gasteiger partial charge in [0.2, 0.25) is 27.6 Å². The largest absolute Gasteiger partial charge is 0.451 e. The molecule has 3 aromatic rings. The van der Waals surface area contributed by atoms with Gasteiger partial charge >= 0.3 is 6.18 Å². The van der Waals surface area contributed by atoms with Crippen molar-refractivity contribution in [2.75, 3.05) is 12.3 Å². The standard InChI is InChI=1S/C18H19F3N6O3S/c1-9-2-3-12(31(29,30)26-11-4-10(5-11)8-28)6-13(9)14-7-27-16(22)24-15(18(19,20)21)25-17(27)23-14/h2-3,6-7,10-11,26,28H,4-5,8H2,1H3,(H2,22,23,24,25). The van der Waals surface area contributed by atoms with Crippen LogP contribution in [-0.4, -0.2) is 45.5 Å². The number of nitrogens with two attached hydrogens (primary N) is 1. The minimum Gasteiger partial charge on any atom is -0.396 e. The Kier molecular flexibility index (Phi) is 5.14. The van der Waals surface area contributed by atoms with Gasteiger partial charge in [-0.15, -0.1) is 0 Å². The Bertz CT molecular complexity index is 1250. The quantitative estimate of drug-likeness (QED) is 0.532. The number of aliphatic hydroxyl groups is 1. The first-order chi connectivity index (χ1) is 14.5. The number of alkyl halides is 3. The van der Waals surface area contributed by atoms with Gasteiger partial charge < -0.3 is 10.8 Å². The molecule has 4 N–H and O–H groups in total. The number of sulfonamides is 1. The van der Waals surface area contributed by atoms with Gasteiger partial charge in [0.1, 0.15) is 0 Å². The van der Waals surface area contributed by atoms with Crippen LogP contribution in [0, 0.1) is 12.8 Å². The molecule has 0 atom stereocenters. The predicted molar refractivity (Wildman–Crippen MR) is 104 cm³/mol. The highest BCUT2D eigenvalue weighted by Gasteiger charge is 2.36. The summed E-state index contributed by atoms with van der Waals surface area (Å²) in [6, 6.07) is 4.17. The van der Waals surface area contributed by atoms with Crippen molar-refractivity contribution in [2.24, 2.45) is 5.92 Å². The summed E-state index contributed by atoms with van der Waals surface area (Å²) in [4.78, 5) is 10.8. The van der Waals surface area contributed by atoms with Crippen LogP contribution in [0.25, 0.3) is 17.0 Å². The third-order valence-electron chi connectivity index (χ3n) is 5.23. The van der Waals surface area contributed by atoms with Crippen LogP contribution in [0.1, 0.15) is 24.2 Å². The lowest BCUT2D eigenvalue weighted by Gasteiger charge is -2.34. The average Bonchev–Trinajstić information content (AvgIpc) is 3.08. The SMILES string of the molecule is Cc1ccc(S(=O)(=O)NC2CC(CO)C2)cc1-c1cn2c(N)nc(C(F)(F)F)nc2n1. The van der Waals surface area contributed by atoms with Crippen molar-refractivity contribution in [1.82, 2.24) is 24.1 Å². The van der Waals surface area contributed by atoms with Crippen LogP contribution in [0.5, 0.6) is 0 Å². The number of hydrogen-bond donors (Lipinski definition) is 3. The molecule has 2 heterocycles. The molecule has 1 aromatic carbocycles. The van der Waals surface area contributed by atoms with Crippen molar-refractivity contribution in [3.8, 4) is 11.3 Å². The molecule has 0 saturated heterocycles. The van der Waals surface area contributed by atoms with Gasteiger partial charge in [0.05, 0.1) is 10.6 Å². The van der Waals surface area contributed by atoms with Crippen LogP contribution in [0.3, 0.4) is 0 Å². The summed E-state index contributed by atoms with van der Waals surface area (Å²) in [6.45, 7) is 1.74. The summed E-state index contributed by atoms with van der Waals surface area (Å²) in [5, 5.41) is 9.09. The Morgan fingerprint density at radius 2 is 1.97 bits per heavy atom. The zero-order valence-electron chi connectivity index (χ0n) is 16.3. The fraction of sp³-hybridized carbons (Fsp3) is 0.389. The maximum Gasteiger partial charge on any atom is 0.451 e. The molecule has 0 bridgehead atoms. The molecule has 0 unspecified atom stereocenters. The van der Waals surface area contributed by atoms with E-state index >= 15 is 0 Å². The van der Waals surface area contributed by atoms with Gasteiger partial charge in [-0.25, -0.2) is 18.1 Å². The first kappa shape index (κ1) is 21.5. The van der Waals surface area contributed by atoms with Crippen molar-refractivity contribution in [1.29, 1.82) is 0 Å². The van der Waals surface area contributed by atoms with Gasteiger partial charge in [-0.2, -0.15) is 23.1 Å². The van der Waals surface area contributed by atoms with Crippen molar-refractivity contribution in [3.05, 3.63) is 35.8 Å². The number of nitrogen functional groups attached to an aromatic ring is 1. The van der Waals surface area contributed by atoms with Crippen LogP contribution in [0.15, 0.2) is 29.3 Å². The molecular weight excluding hydrogens is 437 g/mol. The van der Waals surface area contributed by atoms with Gasteiger partial charge in [0.15, 0.2) is 0 Å². The maximum atomic E-state index is 13.0. The molecule has 1 aliphatic rings. The smallest absolute Gasteiger partial charge is 0.396 e. The lowest BCUT2D eigenvalue weighted by molar-refractivity contribution is -0.144. The molecule has 0 spiro atoms. The van der Waals surface area contributed by atoms with Crippen molar-refractivity contribution >= 4 is 21.7 Å². The Morgan fingerprint density at radius 3 is 2.61 bits per heavy atom. The Labute approximate surface area is 175 Å². The molecule has 2 aromatic heterocycles. The number of fused-ring (bicyclic) bond motifs is 1. The number of nitrogens with one attached hydrogen (secondary N) is 1. The van der Waals surface area contributed by atoms with E-state index in [1.165, 1.54) is 18.3 Å². The number of benzene rings is 1. The number of aryl methyl sites for hydroxylation is 1. The first-order valence-electron chi connectivity index (χ1n) is 9.32. The number of anilines is 1. The van der Waals surface area contributed by atoms with E-state index in [4.69, 9.17) is 10.8 Å². The normalized spacial score (nSPS) is 19.5. The van der Waals surface area contributed by atoms with Gasteiger partial charge in [-0.3, -0.25) is 4.40 Å². The molecule has 1 fully saturated rings. The highest BCUT2D eigenvalue weighted by molar-refractivity contribution is 7.89. The molecule has 0 radical (unpaired) electrons. The van der Waals surface area contributed by atoms with E-state index in [0.29, 0.717) is 24.0 Å². The van der Waals surface area contributed by atoms with Crippen molar-refractivity contribution in [2.45, 2.75) is 36.9 Å². The van der Waals surface area contributed by atoms with E-state index in [-0.39, 0.29) is 34.9 Å². The molecule has 4 rings (SSSR count). The van der Waals surface area contributed by atoms with E-state index in [2.05, 4.69) is 19.7 Å². The Morgan fingerprint density at radius 1 is 1.26 bits per heavy atom. The molecular formula is C18H19F3N6O3S. The summed E-state index contributed by atoms with van der Waals surface area (Å²) in [5.74, 6) is -2.06. The van der Waals surface area contributed by atoms with E-state index in [1.807, 2.05) is 0 Å². The molecule has 9 nitrogen and oxygen atoms in total. The average molecular weight is 456 g/mol.